The van der Waals surface area contributed by atoms with Crippen LogP contribution in [0.15, 0.2) is 89.7 Å². The Hall–Kier alpha value is -5.12. The molecule has 0 amide bonds. The molecule has 1 saturated heterocycles. The number of nitrogens with zero attached hydrogens (tertiary/aromatic N) is 3. The van der Waals surface area contributed by atoms with E-state index in [4.69, 9.17) is 14.5 Å². The average Bonchev–Trinajstić information content (AvgIpc) is 3.76. The van der Waals surface area contributed by atoms with E-state index in [0.29, 0.717) is 53.2 Å². The molecule has 3 aliphatic heterocycles. The molecule has 49 heavy (non-hydrogen) atoms. The molecule has 0 spiro atoms. The van der Waals surface area contributed by atoms with E-state index in [1.807, 2.05) is 48.5 Å². The first-order valence-electron chi connectivity index (χ1n) is 17.0. The summed E-state index contributed by atoms with van der Waals surface area (Å²) < 4.78 is 13.0. The van der Waals surface area contributed by atoms with Crippen LogP contribution >= 0.6 is 0 Å². The molecule has 1 unspecified atom stereocenters. The van der Waals surface area contributed by atoms with Crippen molar-refractivity contribution in [3.05, 3.63) is 129 Å². The molecule has 0 aliphatic carbocycles. The number of aromatic nitrogens is 2. The molecule has 5 heterocycles. The van der Waals surface area contributed by atoms with Crippen LogP contribution in [0.4, 0.5) is 0 Å². The van der Waals surface area contributed by atoms with Gasteiger partial charge in [-0.05, 0) is 66.6 Å². The second-order valence-corrected chi connectivity index (χ2v) is 13.1. The minimum absolute atomic E-state index is 0.0776. The molecule has 0 bridgehead atoms. The Kier molecular flexibility index (Phi) is 7.69. The molecule has 5 aromatic rings. The van der Waals surface area contributed by atoms with Gasteiger partial charge in [0, 0.05) is 23.1 Å². The van der Waals surface area contributed by atoms with Gasteiger partial charge in [0.05, 0.1) is 35.1 Å². The minimum atomic E-state index is -1.88. The normalized spacial score (nSPS) is 19.8. The number of benzene rings is 3. The lowest BCUT2D eigenvalue weighted by Gasteiger charge is -2.32. The van der Waals surface area contributed by atoms with E-state index in [9.17, 15) is 19.5 Å². The first kappa shape index (κ1) is 31.2. The van der Waals surface area contributed by atoms with E-state index in [1.165, 1.54) is 0 Å². The third kappa shape index (κ3) is 4.99. The second-order valence-electron chi connectivity index (χ2n) is 13.1. The van der Waals surface area contributed by atoms with Gasteiger partial charge in [0.2, 0.25) is 0 Å². The molecule has 2 atom stereocenters. The Morgan fingerprint density at radius 1 is 1.00 bits per heavy atom. The highest BCUT2D eigenvalue weighted by molar-refractivity contribution is 5.90. The van der Waals surface area contributed by atoms with Crippen molar-refractivity contribution in [1.82, 2.24) is 14.5 Å². The van der Waals surface area contributed by atoms with Crippen molar-refractivity contribution >= 4 is 22.8 Å². The number of fused-ring (bicyclic) bond motifs is 5. The van der Waals surface area contributed by atoms with Gasteiger partial charge in [-0.3, -0.25) is 9.69 Å². The SMILES string of the molecule is CCc1c2c(nc3ccc(OC(=O)C4CCCN4C(c4ccccc4)c4ccccc4)cc13)-c1cc3c(c(=O)n1C2)COC(=O)[C@]3(O)CC. The maximum atomic E-state index is 13.9. The van der Waals surface area contributed by atoms with E-state index < -0.39 is 17.6 Å². The van der Waals surface area contributed by atoms with Crippen LogP contribution in [0.1, 0.15) is 72.5 Å². The Morgan fingerprint density at radius 2 is 1.71 bits per heavy atom. The van der Waals surface area contributed by atoms with Gasteiger partial charge in [-0.2, -0.15) is 0 Å². The summed E-state index contributed by atoms with van der Waals surface area (Å²) in [4.78, 5) is 47.4. The third-order valence-corrected chi connectivity index (χ3v) is 10.5. The Balaban J connectivity index is 1.13. The summed E-state index contributed by atoms with van der Waals surface area (Å²) in [5.41, 5.74) is 4.50. The first-order chi connectivity index (χ1) is 23.8. The van der Waals surface area contributed by atoms with Gasteiger partial charge in [0.1, 0.15) is 18.4 Å². The van der Waals surface area contributed by atoms with Crippen LogP contribution in [0.5, 0.6) is 5.75 Å². The molecule has 3 aliphatic rings. The highest BCUT2D eigenvalue weighted by Gasteiger charge is 2.45. The van der Waals surface area contributed by atoms with Crippen LogP contribution in [-0.2, 0) is 39.5 Å². The topological polar surface area (TPSA) is 111 Å². The minimum Gasteiger partial charge on any atom is -0.458 e. The Morgan fingerprint density at radius 3 is 2.39 bits per heavy atom. The predicted molar refractivity (Wildman–Crippen MR) is 184 cm³/mol. The summed E-state index contributed by atoms with van der Waals surface area (Å²) in [5, 5.41) is 12.1. The van der Waals surface area contributed by atoms with Crippen molar-refractivity contribution < 1.29 is 24.2 Å². The zero-order valence-electron chi connectivity index (χ0n) is 27.5. The predicted octanol–water partition coefficient (Wildman–Crippen LogP) is 5.80. The summed E-state index contributed by atoms with van der Waals surface area (Å²) in [6.07, 6.45) is 2.34. The first-order valence-corrected chi connectivity index (χ1v) is 17.0. The van der Waals surface area contributed by atoms with Gasteiger partial charge in [0.15, 0.2) is 5.60 Å². The van der Waals surface area contributed by atoms with Crippen molar-refractivity contribution in [2.75, 3.05) is 6.54 Å². The van der Waals surface area contributed by atoms with Crippen LogP contribution in [-0.4, -0.2) is 44.1 Å². The molecule has 3 aromatic carbocycles. The number of carbonyl (C=O) groups excluding carboxylic acids is 2. The van der Waals surface area contributed by atoms with Gasteiger partial charge in [-0.15, -0.1) is 0 Å². The number of rotatable bonds is 7. The van der Waals surface area contributed by atoms with Crippen LogP contribution in [0.2, 0.25) is 0 Å². The molecule has 9 nitrogen and oxygen atoms in total. The van der Waals surface area contributed by atoms with E-state index in [0.717, 1.165) is 40.6 Å². The lowest BCUT2D eigenvalue weighted by Crippen LogP contribution is -2.44. The van der Waals surface area contributed by atoms with Crippen LogP contribution in [0, 0.1) is 0 Å². The number of aryl methyl sites for hydroxylation is 1. The quantitative estimate of drug-likeness (QED) is 0.170. The van der Waals surface area contributed by atoms with Crippen LogP contribution in [0.25, 0.3) is 22.3 Å². The number of ether oxygens (including phenoxy) is 2. The molecule has 248 valence electrons. The van der Waals surface area contributed by atoms with Gasteiger partial charge in [0.25, 0.3) is 5.56 Å². The zero-order valence-corrected chi connectivity index (χ0v) is 27.5. The number of aliphatic hydroxyl groups is 1. The Bertz CT molecular complexity index is 2140. The number of esters is 2. The summed E-state index contributed by atoms with van der Waals surface area (Å²) in [7, 11) is 0. The molecule has 0 radical (unpaired) electrons. The summed E-state index contributed by atoms with van der Waals surface area (Å²) >= 11 is 0. The average molecular weight is 656 g/mol. The van der Waals surface area contributed by atoms with E-state index >= 15 is 0 Å². The lowest BCUT2D eigenvalue weighted by molar-refractivity contribution is -0.172. The summed E-state index contributed by atoms with van der Waals surface area (Å²) in [6, 6.07) is 27.3. The maximum Gasteiger partial charge on any atom is 0.343 e. The van der Waals surface area contributed by atoms with Crippen molar-refractivity contribution in [3.8, 4) is 17.1 Å². The van der Waals surface area contributed by atoms with E-state index in [2.05, 4.69) is 36.1 Å². The van der Waals surface area contributed by atoms with E-state index in [-0.39, 0.29) is 30.6 Å². The fourth-order valence-electron chi connectivity index (χ4n) is 7.99. The number of likely N-dealkylation sites (tertiary alicyclic amines) is 1. The smallest absolute Gasteiger partial charge is 0.343 e. The molecule has 2 aromatic heterocycles. The van der Waals surface area contributed by atoms with Crippen molar-refractivity contribution in [3.63, 3.8) is 0 Å². The number of pyridine rings is 2. The molecular formula is C40H37N3O6. The summed E-state index contributed by atoms with van der Waals surface area (Å²) in [5.74, 6) is -0.585. The highest BCUT2D eigenvalue weighted by atomic mass is 16.6. The number of cyclic esters (lactones) is 1. The largest absolute Gasteiger partial charge is 0.458 e. The zero-order chi connectivity index (χ0) is 33.9. The number of hydrogen-bond acceptors (Lipinski definition) is 8. The molecule has 0 saturated carbocycles. The standard InChI is InChI=1S/C40H37N3O6/c1-3-27-28-20-26(49-38(45)33-16-11-19-42(33)36(24-12-7-5-8-13-24)25-14-9-6-10-15-25)17-18-32(28)41-35-29(27)22-43-34(35)21-31-30(37(43)44)23-48-39(46)40(31,47)4-2/h5-10,12-15,17-18,20-21,33,36,47H,3-4,11,16,19,22-23H2,1-2H3/t33?,40-/m0/s1. The lowest BCUT2D eigenvalue weighted by atomic mass is 9.86. The van der Waals surface area contributed by atoms with Gasteiger partial charge >= 0.3 is 11.9 Å². The maximum absolute atomic E-state index is 13.9. The van der Waals surface area contributed by atoms with Crippen molar-refractivity contribution in [2.24, 2.45) is 0 Å². The van der Waals surface area contributed by atoms with Gasteiger partial charge < -0.3 is 19.1 Å². The number of hydrogen-bond donors (Lipinski definition) is 1. The molecular weight excluding hydrogens is 618 g/mol. The fourth-order valence-corrected chi connectivity index (χ4v) is 7.99. The van der Waals surface area contributed by atoms with Crippen molar-refractivity contribution in [2.45, 2.75) is 70.4 Å². The molecule has 8 rings (SSSR count). The fraction of sp³-hybridized carbons (Fsp3) is 0.300. The monoisotopic (exact) mass is 655 g/mol. The van der Waals surface area contributed by atoms with Crippen molar-refractivity contribution in [1.29, 1.82) is 0 Å². The second kappa shape index (κ2) is 12.1. The molecule has 1 fully saturated rings. The molecule has 1 N–H and O–H groups in total. The molecule has 9 heteroatoms. The number of carbonyl (C=O) groups is 2. The van der Waals surface area contributed by atoms with E-state index in [1.54, 1.807) is 23.6 Å². The van der Waals surface area contributed by atoms with Gasteiger partial charge in [-0.25, -0.2) is 14.6 Å². The third-order valence-electron chi connectivity index (χ3n) is 10.5. The summed E-state index contributed by atoms with van der Waals surface area (Å²) in [6.45, 7) is 4.66. The van der Waals surface area contributed by atoms with Crippen LogP contribution < -0.4 is 10.3 Å². The van der Waals surface area contributed by atoms with Gasteiger partial charge in [-0.1, -0.05) is 74.5 Å². The van der Waals surface area contributed by atoms with Crippen LogP contribution in [0.3, 0.4) is 0 Å². The Labute approximate surface area is 283 Å². The highest BCUT2D eigenvalue weighted by Crippen LogP contribution is 2.41.